The fourth-order valence-corrected chi connectivity index (χ4v) is 3.93. The maximum absolute atomic E-state index is 12.3. The van der Waals surface area contributed by atoms with Crippen LogP contribution in [0.2, 0.25) is 0 Å². The number of nitrogens with one attached hydrogen (secondary N) is 2. The van der Waals surface area contributed by atoms with Crippen molar-refractivity contribution in [1.82, 2.24) is 20.6 Å². The van der Waals surface area contributed by atoms with Gasteiger partial charge in [0, 0.05) is 22.9 Å². The fraction of sp³-hybridized carbons (Fsp3) is 0.167. The minimum absolute atomic E-state index is 0.238. The summed E-state index contributed by atoms with van der Waals surface area (Å²) in [6, 6.07) is 25.6. The van der Waals surface area contributed by atoms with E-state index in [1.165, 1.54) is 11.6 Å². The van der Waals surface area contributed by atoms with E-state index in [1.54, 1.807) is 12.1 Å². The first-order chi connectivity index (χ1) is 17.9. The molecule has 3 aromatic carbocycles. The molecule has 1 aromatic heterocycles. The molecule has 7 heteroatoms. The minimum Gasteiger partial charge on any atom is -0.483 e. The van der Waals surface area contributed by atoms with Gasteiger partial charge in [0.15, 0.2) is 6.61 Å². The molecule has 0 unspecified atom stereocenters. The highest BCUT2D eigenvalue weighted by atomic mass is 16.5. The Morgan fingerprint density at radius 3 is 2.35 bits per heavy atom. The highest BCUT2D eigenvalue weighted by molar-refractivity contribution is 5.93. The van der Waals surface area contributed by atoms with Gasteiger partial charge >= 0.3 is 0 Å². The number of hydrogen-bond acceptors (Lipinski definition) is 4. The van der Waals surface area contributed by atoms with Crippen LogP contribution >= 0.6 is 0 Å². The third kappa shape index (κ3) is 6.73. The fourth-order valence-electron chi connectivity index (χ4n) is 3.93. The zero-order valence-electron chi connectivity index (χ0n) is 21.2. The monoisotopic (exact) mass is 494 g/mol. The van der Waals surface area contributed by atoms with Crippen molar-refractivity contribution in [3.8, 4) is 16.9 Å². The summed E-state index contributed by atoms with van der Waals surface area (Å²) in [6.45, 7) is 6.34. The maximum Gasteiger partial charge on any atom is 0.276 e. The predicted molar refractivity (Wildman–Crippen MR) is 145 cm³/mol. The summed E-state index contributed by atoms with van der Waals surface area (Å²) in [6.07, 6.45) is 3.08. The number of carbonyl (C=O) groups excluding carboxylic acids is 2. The van der Waals surface area contributed by atoms with E-state index in [4.69, 9.17) is 4.74 Å². The molecule has 4 aromatic rings. The molecule has 0 atom stereocenters. The van der Waals surface area contributed by atoms with Gasteiger partial charge in [-0.05, 0) is 44.0 Å². The van der Waals surface area contributed by atoms with E-state index in [-0.39, 0.29) is 6.61 Å². The van der Waals surface area contributed by atoms with Crippen LogP contribution in [0.5, 0.6) is 5.75 Å². The summed E-state index contributed by atoms with van der Waals surface area (Å²) >= 11 is 0. The number of nitrogens with zero attached hydrogens (tertiary/aromatic N) is 2. The number of amides is 2. The number of para-hydroxylation sites is 1. The number of benzene rings is 3. The number of ether oxygens (including phenoxy) is 1. The van der Waals surface area contributed by atoms with Crippen LogP contribution in [-0.4, -0.2) is 28.2 Å². The lowest BCUT2D eigenvalue weighted by Crippen LogP contribution is -2.43. The molecule has 0 saturated carbocycles. The van der Waals surface area contributed by atoms with Crippen LogP contribution in [0.4, 0.5) is 0 Å². The van der Waals surface area contributed by atoms with Gasteiger partial charge in [0.2, 0.25) is 0 Å². The SMILES string of the molecule is Cc1ccc(Cn2nc(C)c(/C=C/C(=O)NNC(=O)COc3ccccc3-c3ccccc3)c2C)cc1. The number of hydrogen-bond donors (Lipinski definition) is 2. The molecule has 2 amide bonds. The second-order valence-corrected chi connectivity index (χ2v) is 8.75. The van der Waals surface area contributed by atoms with E-state index in [2.05, 4.69) is 47.1 Å². The summed E-state index contributed by atoms with van der Waals surface area (Å²) in [5.74, 6) is -0.338. The van der Waals surface area contributed by atoms with Crippen molar-refractivity contribution in [2.45, 2.75) is 27.3 Å². The molecule has 0 fully saturated rings. The molecule has 37 heavy (non-hydrogen) atoms. The molecule has 188 valence electrons. The summed E-state index contributed by atoms with van der Waals surface area (Å²) in [7, 11) is 0. The standard InChI is InChI=1S/C30H30N4O3/c1-21-13-15-24(16-14-21)19-34-23(3)26(22(2)33-34)17-18-29(35)31-32-30(36)20-37-28-12-8-7-11-27(28)25-9-5-4-6-10-25/h4-18H,19-20H2,1-3H3,(H,31,35)(H,32,36)/b18-17+. The van der Waals surface area contributed by atoms with Gasteiger partial charge in [0.05, 0.1) is 12.2 Å². The molecule has 7 nitrogen and oxygen atoms in total. The lowest BCUT2D eigenvalue weighted by Gasteiger charge is -2.12. The highest BCUT2D eigenvalue weighted by Gasteiger charge is 2.11. The molecular weight excluding hydrogens is 464 g/mol. The zero-order valence-corrected chi connectivity index (χ0v) is 21.2. The van der Waals surface area contributed by atoms with E-state index >= 15 is 0 Å². The van der Waals surface area contributed by atoms with Crippen molar-refractivity contribution >= 4 is 17.9 Å². The molecule has 0 bridgehead atoms. The average molecular weight is 495 g/mol. The molecule has 1 heterocycles. The first kappa shape index (κ1) is 25.4. The van der Waals surface area contributed by atoms with Crippen molar-refractivity contribution in [2.24, 2.45) is 0 Å². The lowest BCUT2D eigenvalue weighted by atomic mass is 10.1. The first-order valence-electron chi connectivity index (χ1n) is 12.0. The maximum atomic E-state index is 12.3. The Labute approximate surface area is 216 Å². The Morgan fingerprint density at radius 1 is 0.892 bits per heavy atom. The Morgan fingerprint density at radius 2 is 1.59 bits per heavy atom. The van der Waals surface area contributed by atoms with Crippen LogP contribution in [-0.2, 0) is 16.1 Å². The van der Waals surface area contributed by atoms with Gasteiger partial charge in [-0.2, -0.15) is 5.10 Å². The second kappa shape index (κ2) is 11.9. The summed E-state index contributed by atoms with van der Waals surface area (Å²) in [4.78, 5) is 24.6. The Kier molecular flexibility index (Phi) is 8.15. The van der Waals surface area contributed by atoms with Gasteiger partial charge in [-0.25, -0.2) is 0 Å². The Bertz CT molecular complexity index is 1410. The third-order valence-corrected chi connectivity index (χ3v) is 5.95. The van der Waals surface area contributed by atoms with E-state index in [1.807, 2.05) is 67.1 Å². The largest absolute Gasteiger partial charge is 0.483 e. The Balaban J connectivity index is 1.30. The molecule has 0 aliphatic rings. The molecular formula is C30H30N4O3. The van der Waals surface area contributed by atoms with Crippen molar-refractivity contribution < 1.29 is 14.3 Å². The lowest BCUT2D eigenvalue weighted by molar-refractivity contribution is -0.128. The molecule has 4 rings (SSSR count). The summed E-state index contributed by atoms with van der Waals surface area (Å²) < 4.78 is 7.63. The zero-order chi connectivity index (χ0) is 26.2. The molecule has 0 radical (unpaired) electrons. The van der Waals surface area contributed by atoms with Crippen molar-refractivity contribution in [1.29, 1.82) is 0 Å². The van der Waals surface area contributed by atoms with Gasteiger partial charge in [-0.3, -0.25) is 25.1 Å². The van der Waals surface area contributed by atoms with Crippen LogP contribution in [0.1, 0.15) is 28.1 Å². The van der Waals surface area contributed by atoms with Gasteiger partial charge in [0.1, 0.15) is 5.75 Å². The minimum atomic E-state index is -0.470. The van der Waals surface area contributed by atoms with Crippen LogP contribution in [0.3, 0.4) is 0 Å². The molecule has 0 saturated heterocycles. The van der Waals surface area contributed by atoms with Crippen LogP contribution in [0, 0.1) is 20.8 Å². The highest BCUT2D eigenvalue weighted by Crippen LogP contribution is 2.29. The second-order valence-electron chi connectivity index (χ2n) is 8.75. The molecule has 2 N–H and O–H groups in total. The molecule has 0 aliphatic heterocycles. The predicted octanol–water partition coefficient (Wildman–Crippen LogP) is 4.76. The van der Waals surface area contributed by atoms with Crippen LogP contribution < -0.4 is 15.6 Å². The normalized spacial score (nSPS) is 10.9. The average Bonchev–Trinajstić information content (AvgIpc) is 3.18. The quantitative estimate of drug-likeness (QED) is 0.273. The van der Waals surface area contributed by atoms with Gasteiger partial charge in [-0.15, -0.1) is 0 Å². The van der Waals surface area contributed by atoms with Gasteiger partial charge in [0.25, 0.3) is 11.8 Å². The van der Waals surface area contributed by atoms with Crippen LogP contribution in [0.15, 0.2) is 84.9 Å². The van der Waals surface area contributed by atoms with Crippen molar-refractivity contribution in [3.05, 3.63) is 113 Å². The third-order valence-electron chi connectivity index (χ3n) is 5.95. The summed E-state index contributed by atoms with van der Waals surface area (Å²) in [5.41, 5.74) is 11.7. The van der Waals surface area contributed by atoms with E-state index in [0.717, 1.165) is 33.6 Å². The number of carbonyl (C=O) groups is 2. The topological polar surface area (TPSA) is 85.3 Å². The smallest absolute Gasteiger partial charge is 0.276 e. The van der Waals surface area contributed by atoms with Gasteiger partial charge < -0.3 is 4.74 Å². The van der Waals surface area contributed by atoms with E-state index < -0.39 is 11.8 Å². The molecule has 0 aliphatic carbocycles. The Hall–Kier alpha value is -4.65. The summed E-state index contributed by atoms with van der Waals surface area (Å²) in [5, 5.41) is 4.61. The van der Waals surface area contributed by atoms with Gasteiger partial charge in [-0.1, -0.05) is 78.4 Å². The van der Waals surface area contributed by atoms with Crippen molar-refractivity contribution in [2.75, 3.05) is 6.61 Å². The van der Waals surface area contributed by atoms with Crippen molar-refractivity contribution in [3.63, 3.8) is 0 Å². The number of rotatable bonds is 8. The van der Waals surface area contributed by atoms with Crippen LogP contribution in [0.25, 0.3) is 17.2 Å². The first-order valence-corrected chi connectivity index (χ1v) is 12.0. The number of aryl methyl sites for hydroxylation is 2. The number of hydrazine groups is 1. The molecule has 0 spiro atoms. The van der Waals surface area contributed by atoms with E-state index in [0.29, 0.717) is 12.3 Å². The number of aromatic nitrogens is 2. The van der Waals surface area contributed by atoms with E-state index in [9.17, 15) is 9.59 Å².